The Balaban J connectivity index is 3.94. The molecule has 0 radical (unpaired) electrons. The molecule has 0 aromatic carbocycles. The van der Waals surface area contributed by atoms with Gasteiger partial charge in [-0.2, -0.15) is 0 Å². The fraction of sp³-hybridized carbons (Fsp3) is 0.143. The second kappa shape index (κ2) is 4.27. The van der Waals surface area contributed by atoms with Gasteiger partial charge in [0.2, 0.25) is 0 Å². The molecule has 0 rings (SSSR count). The minimum atomic E-state index is -1.38. The maximum Gasteiger partial charge on any atom is 0.345 e. The molecule has 0 aliphatic heterocycles. The van der Waals surface area contributed by atoms with Gasteiger partial charge in [-0.15, -0.1) is 0 Å². The number of esters is 1. The van der Waals surface area contributed by atoms with E-state index in [9.17, 15) is 9.59 Å². The molecule has 4 heteroatoms. The maximum absolute atomic E-state index is 10.6. The molecular weight excluding hydrogens is 148 g/mol. The average Bonchev–Trinajstić information content (AvgIpc) is 1.98. The Morgan fingerprint density at radius 1 is 1.55 bits per heavy atom. The highest BCUT2D eigenvalue weighted by Gasteiger charge is 2.14. The molecule has 0 unspecified atom stereocenters. The fourth-order valence-corrected chi connectivity index (χ4v) is 0.309. The zero-order valence-corrected chi connectivity index (χ0v) is 5.87. The van der Waals surface area contributed by atoms with E-state index in [1.807, 2.05) is 0 Å². The molecule has 0 amide bonds. The van der Waals surface area contributed by atoms with Crippen molar-refractivity contribution in [3.8, 4) is 0 Å². The Morgan fingerprint density at radius 3 is 2.45 bits per heavy atom. The standard InChI is InChI=1S/C7H8O4/c1-3-4-11-7(10)5(2)6(8)9/h3H,1-2,4H2,(H,8,9). The van der Waals surface area contributed by atoms with Gasteiger partial charge in [-0.1, -0.05) is 19.2 Å². The van der Waals surface area contributed by atoms with Crippen molar-refractivity contribution in [2.24, 2.45) is 0 Å². The minimum Gasteiger partial charge on any atom is -0.477 e. The second-order valence-electron chi connectivity index (χ2n) is 1.67. The third kappa shape index (κ3) is 3.20. The number of carboxylic acids is 1. The van der Waals surface area contributed by atoms with Crippen molar-refractivity contribution in [2.75, 3.05) is 6.61 Å². The average molecular weight is 156 g/mol. The first-order chi connectivity index (χ1) is 5.09. The van der Waals surface area contributed by atoms with Crippen molar-refractivity contribution in [2.45, 2.75) is 0 Å². The summed E-state index contributed by atoms with van der Waals surface area (Å²) in [5.74, 6) is -2.31. The first-order valence-electron chi connectivity index (χ1n) is 2.79. The summed E-state index contributed by atoms with van der Waals surface area (Å²) in [5, 5.41) is 8.23. The van der Waals surface area contributed by atoms with Crippen molar-refractivity contribution in [1.29, 1.82) is 0 Å². The van der Waals surface area contributed by atoms with Gasteiger partial charge in [-0.25, -0.2) is 9.59 Å². The van der Waals surface area contributed by atoms with Crippen LogP contribution >= 0.6 is 0 Å². The summed E-state index contributed by atoms with van der Waals surface area (Å²) in [4.78, 5) is 20.7. The Bertz CT molecular complexity index is 204. The molecule has 0 aromatic rings. The van der Waals surface area contributed by atoms with Crippen LogP contribution in [0.1, 0.15) is 0 Å². The van der Waals surface area contributed by atoms with Crippen molar-refractivity contribution in [3.63, 3.8) is 0 Å². The van der Waals surface area contributed by atoms with E-state index < -0.39 is 17.5 Å². The zero-order chi connectivity index (χ0) is 8.85. The summed E-state index contributed by atoms with van der Waals surface area (Å²) in [6.07, 6.45) is 1.34. The number of ether oxygens (including phenoxy) is 1. The van der Waals surface area contributed by atoms with Crippen LogP contribution in [0.2, 0.25) is 0 Å². The van der Waals surface area contributed by atoms with Crippen molar-refractivity contribution >= 4 is 11.9 Å². The Labute approximate surface area is 63.8 Å². The normalized spacial score (nSPS) is 8.36. The highest BCUT2D eigenvalue weighted by molar-refractivity contribution is 6.12. The smallest absolute Gasteiger partial charge is 0.345 e. The number of rotatable bonds is 4. The molecule has 4 nitrogen and oxygen atoms in total. The van der Waals surface area contributed by atoms with Gasteiger partial charge in [-0.3, -0.25) is 0 Å². The number of carbonyl (C=O) groups is 2. The summed E-state index contributed by atoms with van der Waals surface area (Å²) in [7, 11) is 0. The largest absolute Gasteiger partial charge is 0.477 e. The van der Waals surface area contributed by atoms with Gasteiger partial charge in [0.05, 0.1) is 0 Å². The van der Waals surface area contributed by atoms with Gasteiger partial charge in [0.15, 0.2) is 0 Å². The molecule has 0 aliphatic carbocycles. The molecule has 0 fully saturated rings. The highest BCUT2D eigenvalue weighted by Crippen LogP contribution is 1.93. The third-order valence-electron chi connectivity index (χ3n) is 0.837. The van der Waals surface area contributed by atoms with E-state index in [4.69, 9.17) is 5.11 Å². The molecule has 0 atom stereocenters. The third-order valence-corrected chi connectivity index (χ3v) is 0.837. The van der Waals surface area contributed by atoms with Crippen LogP contribution < -0.4 is 0 Å². The van der Waals surface area contributed by atoms with E-state index in [1.54, 1.807) is 0 Å². The number of carbonyl (C=O) groups excluding carboxylic acids is 1. The van der Waals surface area contributed by atoms with E-state index in [0.717, 1.165) is 0 Å². The Kier molecular flexibility index (Phi) is 3.66. The molecule has 0 saturated carbocycles. The number of hydrogen-bond acceptors (Lipinski definition) is 3. The summed E-state index contributed by atoms with van der Waals surface area (Å²) >= 11 is 0. The van der Waals surface area contributed by atoms with Crippen molar-refractivity contribution < 1.29 is 19.4 Å². The van der Waals surface area contributed by atoms with E-state index in [1.165, 1.54) is 6.08 Å². The predicted octanol–water partition coefficient (Wildman–Crippen LogP) is 0.356. The fourth-order valence-electron chi connectivity index (χ4n) is 0.309. The summed E-state index contributed by atoms with van der Waals surface area (Å²) in [5.41, 5.74) is -0.577. The molecular formula is C7H8O4. The lowest BCUT2D eigenvalue weighted by molar-refractivity contribution is -0.143. The van der Waals surface area contributed by atoms with E-state index in [-0.39, 0.29) is 6.61 Å². The number of hydrogen-bond donors (Lipinski definition) is 1. The quantitative estimate of drug-likeness (QED) is 0.210. The SMILES string of the molecule is C=CCOC(=O)C(=C)C(=O)O. The van der Waals surface area contributed by atoms with E-state index in [2.05, 4.69) is 17.9 Å². The molecule has 0 bridgehead atoms. The van der Waals surface area contributed by atoms with Crippen LogP contribution in [0.4, 0.5) is 0 Å². The monoisotopic (exact) mass is 156 g/mol. The summed E-state index contributed by atoms with van der Waals surface area (Å²) < 4.78 is 4.38. The predicted molar refractivity (Wildman–Crippen MR) is 37.9 cm³/mol. The Hall–Kier alpha value is -1.58. The highest BCUT2D eigenvalue weighted by atomic mass is 16.5. The van der Waals surface area contributed by atoms with Crippen molar-refractivity contribution in [3.05, 3.63) is 24.8 Å². The van der Waals surface area contributed by atoms with Gasteiger partial charge in [0.25, 0.3) is 0 Å². The number of aliphatic carboxylic acids is 1. The summed E-state index contributed by atoms with van der Waals surface area (Å²) in [6.45, 7) is 6.27. The lowest BCUT2D eigenvalue weighted by Crippen LogP contribution is -2.14. The topological polar surface area (TPSA) is 63.6 Å². The molecule has 0 spiro atoms. The minimum absolute atomic E-state index is 0.00880. The van der Waals surface area contributed by atoms with E-state index in [0.29, 0.717) is 0 Å². The first-order valence-corrected chi connectivity index (χ1v) is 2.79. The summed E-state index contributed by atoms with van der Waals surface area (Å²) in [6, 6.07) is 0. The van der Waals surface area contributed by atoms with Gasteiger partial charge < -0.3 is 9.84 Å². The van der Waals surface area contributed by atoms with Gasteiger partial charge >= 0.3 is 11.9 Å². The van der Waals surface area contributed by atoms with Crippen LogP contribution in [0.3, 0.4) is 0 Å². The van der Waals surface area contributed by atoms with Crippen LogP contribution in [0.15, 0.2) is 24.8 Å². The van der Waals surface area contributed by atoms with Crippen LogP contribution in [-0.2, 0) is 14.3 Å². The Morgan fingerprint density at radius 2 is 2.09 bits per heavy atom. The van der Waals surface area contributed by atoms with Crippen LogP contribution in [-0.4, -0.2) is 23.7 Å². The van der Waals surface area contributed by atoms with Gasteiger partial charge in [-0.05, 0) is 0 Å². The molecule has 1 N–H and O–H groups in total. The molecule has 60 valence electrons. The van der Waals surface area contributed by atoms with E-state index >= 15 is 0 Å². The molecule has 0 heterocycles. The van der Waals surface area contributed by atoms with Crippen LogP contribution in [0.5, 0.6) is 0 Å². The van der Waals surface area contributed by atoms with Crippen molar-refractivity contribution in [1.82, 2.24) is 0 Å². The van der Waals surface area contributed by atoms with Crippen LogP contribution in [0.25, 0.3) is 0 Å². The number of carboxylic acid groups (broad SMARTS) is 1. The van der Waals surface area contributed by atoms with Crippen LogP contribution in [0, 0.1) is 0 Å². The molecule has 0 aliphatic rings. The van der Waals surface area contributed by atoms with Gasteiger partial charge in [0, 0.05) is 0 Å². The lowest BCUT2D eigenvalue weighted by atomic mass is 10.3. The van der Waals surface area contributed by atoms with Gasteiger partial charge in [0.1, 0.15) is 12.2 Å². The molecule has 0 saturated heterocycles. The maximum atomic E-state index is 10.6. The molecule has 11 heavy (non-hydrogen) atoms. The zero-order valence-electron chi connectivity index (χ0n) is 5.87. The lowest BCUT2D eigenvalue weighted by Gasteiger charge is -1.98. The first kappa shape index (κ1) is 9.42. The molecule has 0 aromatic heterocycles. The second-order valence-corrected chi connectivity index (χ2v) is 1.67.